The molecule has 1 fully saturated rings. The van der Waals surface area contributed by atoms with Crippen LogP contribution in [-0.4, -0.2) is 51.0 Å². The van der Waals surface area contributed by atoms with Gasteiger partial charge in [-0.15, -0.1) is 0 Å². The van der Waals surface area contributed by atoms with Crippen molar-refractivity contribution >= 4 is 21.7 Å². The average molecular weight is 466 g/mol. The van der Waals surface area contributed by atoms with Crippen molar-refractivity contribution in [3.63, 3.8) is 0 Å². The number of carbonyl (C=O) groups is 1. The largest absolute Gasteiger partial charge is 0.394 e. The lowest BCUT2D eigenvalue weighted by Gasteiger charge is -2.36. The van der Waals surface area contributed by atoms with Crippen molar-refractivity contribution in [2.45, 2.75) is 49.3 Å². The Morgan fingerprint density at radius 2 is 1.94 bits per heavy atom. The van der Waals surface area contributed by atoms with Crippen molar-refractivity contribution in [2.75, 3.05) is 18.5 Å². The number of anilines is 1. The minimum atomic E-state index is -3.60. The number of aryl methyl sites for hydroxylation is 1. The van der Waals surface area contributed by atoms with Gasteiger partial charge >= 0.3 is 6.03 Å². The Morgan fingerprint density at radius 1 is 1.19 bits per heavy atom. The molecule has 0 radical (unpaired) electrons. The maximum Gasteiger partial charge on any atom is 0.319 e. The third kappa shape index (κ3) is 6.73. The Bertz CT molecular complexity index is 1020. The third-order valence-electron chi connectivity index (χ3n) is 5.28. The lowest BCUT2D eigenvalue weighted by atomic mass is 9.97. The summed E-state index contributed by atoms with van der Waals surface area (Å²) in [7, 11) is -3.60. The summed E-state index contributed by atoms with van der Waals surface area (Å²) in [5.41, 5.74) is 1.29. The first-order valence-corrected chi connectivity index (χ1v) is 11.9. The molecule has 1 saturated heterocycles. The fraction of sp³-hybridized carbons (Fsp3) is 0.409. The number of nitrogens with one attached hydrogen (secondary N) is 3. The van der Waals surface area contributed by atoms with Crippen molar-refractivity contribution in [1.82, 2.24) is 10.0 Å². The van der Waals surface area contributed by atoms with Gasteiger partial charge in [-0.25, -0.2) is 22.3 Å². The van der Waals surface area contributed by atoms with Crippen LogP contribution in [0.1, 0.15) is 24.8 Å². The van der Waals surface area contributed by atoms with Gasteiger partial charge in [0.2, 0.25) is 10.0 Å². The lowest BCUT2D eigenvalue weighted by Crippen LogP contribution is -2.52. The highest BCUT2D eigenvalue weighted by Gasteiger charge is 2.32. The highest BCUT2D eigenvalue weighted by atomic mass is 32.2. The first-order valence-electron chi connectivity index (χ1n) is 10.4. The number of hydrogen-bond donors (Lipinski definition) is 4. The lowest BCUT2D eigenvalue weighted by molar-refractivity contribution is -0.0884. The van der Waals surface area contributed by atoms with Gasteiger partial charge < -0.3 is 20.5 Å². The van der Waals surface area contributed by atoms with Crippen LogP contribution in [0.3, 0.4) is 0 Å². The fourth-order valence-corrected chi connectivity index (χ4v) is 4.61. The quantitative estimate of drug-likeness (QED) is 0.478. The Hall–Kier alpha value is -2.53. The number of rotatable bonds is 8. The number of carbonyl (C=O) groups excluding carboxylic acids is 1. The number of amides is 2. The summed E-state index contributed by atoms with van der Waals surface area (Å²) in [6.45, 7) is 1.78. The van der Waals surface area contributed by atoms with Crippen molar-refractivity contribution in [1.29, 1.82) is 0 Å². The smallest absolute Gasteiger partial charge is 0.319 e. The maximum absolute atomic E-state index is 13.3. The Kier molecular flexibility index (Phi) is 8.19. The molecule has 2 aromatic carbocycles. The van der Waals surface area contributed by atoms with Crippen LogP contribution in [0.5, 0.6) is 0 Å². The van der Waals surface area contributed by atoms with E-state index < -0.39 is 34.0 Å². The summed E-state index contributed by atoms with van der Waals surface area (Å²) in [5, 5.41) is 15.0. The van der Waals surface area contributed by atoms with Crippen LogP contribution >= 0.6 is 0 Å². The van der Waals surface area contributed by atoms with Crippen molar-refractivity contribution in [3.8, 4) is 0 Å². The standard InChI is InChI=1S/C22H28FN3O5S/c1-15-5-8-19(9-6-15)32(29,30)24-12-11-18-7-10-20(21(14-27)31-18)26-22(28)25-17-4-2-3-16(23)13-17/h2-6,8-9,13,18,20-21,24,27H,7,10-12,14H2,1H3,(H2,25,26,28)/t18-,20-,21+/m0/s1. The topological polar surface area (TPSA) is 117 Å². The molecule has 32 heavy (non-hydrogen) atoms. The summed E-state index contributed by atoms with van der Waals surface area (Å²) >= 11 is 0. The van der Waals surface area contributed by atoms with E-state index in [4.69, 9.17) is 4.74 Å². The number of urea groups is 1. The van der Waals surface area contributed by atoms with Gasteiger partial charge in [0.05, 0.1) is 23.6 Å². The molecule has 1 aliphatic heterocycles. The summed E-state index contributed by atoms with van der Waals surface area (Å²) in [6.07, 6.45) is 0.701. The maximum atomic E-state index is 13.3. The minimum absolute atomic E-state index is 0.192. The van der Waals surface area contributed by atoms with Gasteiger partial charge in [0.1, 0.15) is 11.9 Å². The molecule has 0 unspecified atom stereocenters. The van der Waals surface area contributed by atoms with Crippen molar-refractivity contribution in [2.24, 2.45) is 0 Å². The molecule has 10 heteroatoms. The molecule has 4 N–H and O–H groups in total. The van der Waals surface area contributed by atoms with E-state index >= 15 is 0 Å². The van der Waals surface area contributed by atoms with Crippen molar-refractivity contribution < 1.29 is 27.4 Å². The molecule has 3 atom stereocenters. The van der Waals surface area contributed by atoms with Crippen LogP contribution in [0, 0.1) is 12.7 Å². The fourth-order valence-electron chi connectivity index (χ4n) is 3.57. The average Bonchev–Trinajstić information content (AvgIpc) is 2.75. The molecule has 2 amide bonds. The first kappa shape index (κ1) is 24.1. The Morgan fingerprint density at radius 3 is 2.62 bits per heavy atom. The van der Waals surface area contributed by atoms with Crippen LogP contribution in [0.4, 0.5) is 14.9 Å². The van der Waals surface area contributed by atoms with Gasteiger partial charge in [0.25, 0.3) is 0 Å². The van der Waals surface area contributed by atoms with E-state index in [0.717, 1.165) is 5.56 Å². The predicted molar refractivity (Wildman–Crippen MR) is 118 cm³/mol. The van der Waals surface area contributed by atoms with Crippen molar-refractivity contribution in [3.05, 3.63) is 59.9 Å². The second-order valence-electron chi connectivity index (χ2n) is 7.77. The zero-order valence-electron chi connectivity index (χ0n) is 17.8. The van der Waals surface area contributed by atoms with Crippen LogP contribution in [0.2, 0.25) is 0 Å². The number of aliphatic hydroxyl groups is 1. The summed E-state index contributed by atoms with van der Waals surface area (Å²) in [6, 6.07) is 11.2. The molecule has 3 rings (SSSR count). The molecule has 1 aliphatic rings. The second-order valence-corrected chi connectivity index (χ2v) is 9.54. The molecule has 0 saturated carbocycles. The van der Waals surface area contributed by atoms with Gasteiger partial charge in [-0.1, -0.05) is 23.8 Å². The minimum Gasteiger partial charge on any atom is -0.394 e. The number of benzene rings is 2. The first-order chi connectivity index (χ1) is 15.3. The highest BCUT2D eigenvalue weighted by molar-refractivity contribution is 7.89. The zero-order valence-corrected chi connectivity index (χ0v) is 18.6. The molecule has 0 aliphatic carbocycles. The highest BCUT2D eigenvalue weighted by Crippen LogP contribution is 2.22. The zero-order chi connectivity index (χ0) is 23.1. The van der Waals surface area contributed by atoms with Crippen LogP contribution in [-0.2, 0) is 14.8 Å². The van der Waals surface area contributed by atoms with E-state index in [9.17, 15) is 22.7 Å². The molecular weight excluding hydrogens is 437 g/mol. The second kappa shape index (κ2) is 10.9. The van der Waals surface area contributed by atoms with Crippen LogP contribution in [0.25, 0.3) is 0 Å². The van der Waals surface area contributed by atoms with E-state index in [1.54, 1.807) is 30.3 Å². The number of halogens is 1. The van der Waals surface area contributed by atoms with Gasteiger partial charge in [0.15, 0.2) is 0 Å². The van der Waals surface area contributed by atoms with E-state index in [1.807, 2.05) is 6.92 Å². The van der Waals surface area contributed by atoms with Gasteiger partial charge in [0, 0.05) is 12.2 Å². The van der Waals surface area contributed by atoms with Crippen LogP contribution < -0.4 is 15.4 Å². The predicted octanol–water partition coefficient (Wildman–Crippen LogP) is 2.53. The molecule has 0 bridgehead atoms. The molecular formula is C22H28FN3O5S. The molecule has 0 spiro atoms. The molecule has 1 heterocycles. The summed E-state index contributed by atoms with van der Waals surface area (Å²) < 4.78 is 46.5. The van der Waals surface area contributed by atoms with E-state index in [0.29, 0.717) is 24.9 Å². The number of sulfonamides is 1. The molecule has 2 aromatic rings. The van der Waals surface area contributed by atoms with Gasteiger partial charge in [-0.2, -0.15) is 0 Å². The summed E-state index contributed by atoms with van der Waals surface area (Å²) in [4.78, 5) is 12.4. The Balaban J connectivity index is 1.46. The van der Waals surface area contributed by atoms with Gasteiger partial charge in [-0.05, 0) is 56.5 Å². The van der Waals surface area contributed by atoms with Crippen LogP contribution in [0.15, 0.2) is 53.4 Å². The number of ether oxygens (including phenoxy) is 1. The monoisotopic (exact) mass is 465 g/mol. The normalized spacial score (nSPS) is 21.2. The SMILES string of the molecule is Cc1ccc(S(=O)(=O)NCC[C@@H]2CC[C@H](NC(=O)Nc3cccc(F)c3)[C@@H](CO)O2)cc1. The third-order valence-corrected chi connectivity index (χ3v) is 6.76. The van der Waals surface area contributed by atoms with E-state index in [-0.39, 0.29) is 24.2 Å². The molecule has 0 aromatic heterocycles. The van der Waals surface area contributed by atoms with Gasteiger partial charge in [-0.3, -0.25) is 0 Å². The Labute approximate surface area is 187 Å². The molecule has 8 nitrogen and oxygen atoms in total. The number of hydrogen-bond acceptors (Lipinski definition) is 5. The van der Waals surface area contributed by atoms with E-state index in [1.165, 1.54) is 18.2 Å². The van der Waals surface area contributed by atoms with E-state index in [2.05, 4.69) is 15.4 Å². The summed E-state index contributed by atoms with van der Waals surface area (Å²) in [5.74, 6) is -0.460. The molecule has 174 valence electrons. The number of aliphatic hydroxyl groups excluding tert-OH is 1.